The van der Waals surface area contributed by atoms with Crippen molar-refractivity contribution in [2.45, 2.75) is 153 Å². The molecule has 1 heterocycles. The predicted octanol–water partition coefficient (Wildman–Crippen LogP) is 9.99. The van der Waals surface area contributed by atoms with Crippen molar-refractivity contribution >= 4 is 0 Å². The van der Waals surface area contributed by atoms with E-state index in [0.717, 1.165) is 12.8 Å². The maximum Gasteiger partial charge on any atom is 0.186 e. The zero-order valence-corrected chi connectivity index (χ0v) is 33.4. The smallest absolute Gasteiger partial charge is 0.186 e. The first-order chi connectivity index (χ1) is 28.4. The van der Waals surface area contributed by atoms with Gasteiger partial charge in [0.15, 0.2) is 6.29 Å². The van der Waals surface area contributed by atoms with Crippen LogP contribution in [0.5, 0.6) is 0 Å². The third-order valence-corrected chi connectivity index (χ3v) is 9.94. The molecule has 3 aromatic carbocycles. The number of benzene rings is 3. The molecule has 0 radical (unpaired) electrons. The monoisotopic (exact) mass is 766 g/mol. The minimum absolute atomic E-state index is 0.0575. The van der Waals surface area contributed by atoms with Gasteiger partial charge in [0.05, 0.1) is 43.7 Å². The highest BCUT2D eigenvalue weighted by atomic mass is 16.7. The van der Waals surface area contributed by atoms with Crippen LogP contribution in [0.25, 0.3) is 0 Å². The average Bonchev–Trinajstić information content (AvgIpc) is 3.26. The maximum atomic E-state index is 11.8. The molecule has 4 unspecified atom stereocenters. The summed E-state index contributed by atoms with van der Waals surface area (Å²) in [4.78, 5) is 0. The number of unbranched alkanes of at least 4 members (excludes halogenated alkanes) is 13. The quantitative estimate of drug-likeness (QED) is 0.0649. The fourth-order valence-corrected chi connectivity index (χ4v) is 6.63. The molecule has 3 aromatic rings. The summed E-state index contributed by atoms with van der Waals surface area (Å²) in [5, 5.41) is 11.8. The molecular weight excluding hydrogens is 693 g/mol. The highest BCUT2D eigenvalue weighted by Crippen LogP contribution is 2.29. The van der Waals surface area contributed by atoms with Gasteiger partial charge in [-0.15, -0.1) is 0 Å². The molecule has 0 amide bonds. The maximum absolute atomic E-state index is 11.8. The topological polar surface area (TPSA) is 84.8 Å². The molecule has 0 saturated carbocycles. The van der Waals surface area contributed by atoms with E-state index in [1.807, 2.05) is 54.6 Å². The lowest BCUT2D eigenvalue weighted by Crippen LogP contribution is -2.61. The third-order valence-electron chi connectivity index (χ3n) is 9.94. The Labute approximate surface area is 336 Å². The molecule has 306 valence electrons. The minimum Gasteiger partial charge on any atom is -0.385 e. The summed E-state index contributed by atoms with van der Waals surface area (Å²) in [5.41, 5.74) is 1.84. The van der Waals surface area contributed by atoms with Crippen LogP contribution >= 0.6 is 0 Å². The van der Waals surface area contributed by atoms with Gasteiger partial charge in [-0.05, 0) is 23.1 Å². The van der Waals surface area contributed by atoms with E-state index in [4.69, 9.17) is 37.3 Å². The molecule has 4 rings (SSSR count). The molecule has 0 aliphatic carbocycles. The number of hydrogen-bond acceptors (Lipinski definition) is 8. The van der Waals surface area contributed by atoms with E-state index in [0.29, 0.717) is 29.9 Å². The largest absolute Gasteiger partial charge is 0.385 e. The Morgan fingerprint density at radius 3 is 1.56 bits per heavy atom. The van der Waals surface area contributed by atoms with Crippen molar-refractivity contribution < 1.29 is 42.4 Å². The van der Waals surface area contributed by atoms with Crippen LogP contribution in [0.1, 0.15) is 118 Å². The highest BCUT2D eigenvalue weighted by Gasteiger charge is 2.47. The molecule has 8 heteroatoms. The van der Waals surface area contributed by atoms with Crippen LogP contribution < -0.4 is 0 Å². The van der Waals surface area contributed by atoms with E-state index in [9.17, 15) is 5.11 Å². The molecule has 1 saturated heterocycles. The van der Waals surface area contributed by atoms with E-state index in [2.05, 4.69) is 6.92 Å². The molecule has 8 nitrogen and oxygen atoms in total. The van der Waals surface area contributed by atoms with Crippen LogP contribution in [0.4, 0.5) is 0 Å². The zero-order valence-electron chi connectivity index (χ0n) is 36.4. The van der Waals surface area contributed by atoms with Crippen molar-refractivity contribution in [1.29, 1.82) is 0 Å². The Bertz CT molecular complexity index is 1430. The second kappa shape index (κ2) is 28.7. The van der Waals surface area contributed by atoms with E-state index in [1.165, 1.54) is 77.0 Å². The normalized spacial score (nSPS) is 23.0. The SMILES string of the molecule is [2H]C(OC[C@H]1OC(OC[C@@H](COCCCCCCCCCCCCCCCC)OC)[C@@H](O)[C@@H](OC([2H])c2ccccc2)[C@@H]1OC([2H])c1ccccc1)c1ccccc1. The van der Waals surface area contributed by atoms with Gasteiger partial charge >= 0.3 is 0 Å². The second-order valence-electron chi connectivity index (χ2n) is 14.5. The van der Waals surface area contributed by atoms with Gasteiger partial charge < -0.3 is 38.3 Å². The molecule has 1 fully saturated rings. The Kier molecular flexibility index (Phi) is 21.1. The molecule has 55 heavy (non-hydrogen) atoms. The Hall–Kier alpha value is -2.66. The van der Waals surface area contributed by atoms with Gasteiger partial charge in [0.25, 0.3) is 0 Å². The first kappa shape index (κ1) is 40.5. The molecule has 0 aromatic heterocycles. The minimum atomic E-state index is -1.41. The number of hydrogen-bond donors (Lipinski definition) is 1. The van der Waals surface area contributed by atoms with Gasteiger partial charge in [-0.3, -0.25) is 0 Å². The summed E-state index contributed by atoms with van der Waals surface area (Å²) in [6.45, 7) is -0.240. The number of aliphatic hydroxyl groups is 1. The Balaban J connectivity index is 1.31. The standard InChI is InChI=1S/C47H70O8/c1-3-4-5-6-7-8-9-10-11-12-13-14-15-25-32-50-36-42(49-2)37-54-47-44(48)46(53-35-41-30-23-18-24-31-41)45(52-34-40-28-21-17-22-29-40)43(55-47)38-51-33-39-26-19-16-20-27-39/h16-24,26-31,42-48H,3-15,25,32-38H2,1-2H3/t42-,43-,44+,45-,46-,47?/m1/s1/i33D,34D,35D/t33?,34?,35?,42-,43-,44+,45-,46-,47?. The van der Waals surface area contributed by atoms with Gasteiger partial charge in [0.1, 0.15) is 30.5 Å². The van der Waals surface area contributed by atoms with E-state index in [1.54, 1.807) is 43.5 Å². The summed E-state index contributed by atoms with van der Waals surface area (Å²) in [5.74, 6) is 0. The van der Waals surface area contributed by atoms with Gasteiger partial charge in [0, 0.05) is 13.7 Å². The van der Waals surface area contributed by atoms with Crippen LogP contribution in [0.15, 0.2) is 91.0 Å². The number of methoxy groups -OCH3 is 1. The first-order valence-corrected chi connectivity index (χ1v) is 20.8. The molecule has 0 spiro atoms. The predicted molar refractivity (Wildman–Crippen MR) is 219 cm³/mol. The molecule has 1 aliphatic heterocycles. The summed E-state index contributed by atoms with van der Waals surface area (Å²) in [6, 6.07) is 27.3. The molecule has 9 atom stereocenters. The van der Waals surface area contributed by atoms with Crippen molar-refractivity contribution in [3.8, 4) is 0 Å². The van der Waals surface area contributed by atoms with Crippen LogP contribution in [-0.2, 0) is 52.9 Å². The lowest BCUT2D eigenvalue weighted by atomic mass is 9.98. The first-order valence-electron chi connectivity index (χ1n) is 22.5. The second-order valence-corrected chi connectivity index (χ2v) is 14.5. The molecule has 1 aliphatic rings. The Morgan fingerprint density at radius 1 is 0.582 bits per heavy atom. The molecule has 0 bridgehead atoms. The molecular formula is C47H70O8. The van der Waals surface area contributed by atoms with Crippen LogP contribution in [0, 0.1) is 0 Å². The lowest BCUT2D eigenvalue weighted by molar-refractivity contribution is -0.322. The Morgan fingerprint density at radius 2 is 1.05 bits per heavy atom. The summed E-state index contributed by atoms with van der Waals surface area (Å²) in [6.07, 6.45) is 12.0. The van der Waals surface area contributed by atoms with Crippen molar-refractivity contribution in [3.05, 3.63) is 108 Å². The highest BCUT2D eigenvalue weighted by molar-refractivity contribution is 5.15. The van der Waals surface area contributed by atoms with Crippen LogP contribution in [0.3, 0.4) is 0 Å². The van der Waals surface area contributed by atoms with Crippen LogP contribution in [0.2, 0.25) is 0 Å². The summed E-state index contributed by atoms with van der Waals surface area (Å²) in [7, 11) is 1.59. The fraction of sp³-hybridized carbons (Fsp3) is 0.617. The van der Waals surface area contributed by atoms with Crippen molar-refractivity contribution in [2.24, 2.45) is 0 Å². The molecule has 1 N–H and O–H groups in total. The van der Waals surface area contributed by atoms with Gasteiger partial charge in [-0.25, -0.2) is 0 Å². The van der Waals surface area contributed by atoms with Crippen molar-refractivity contribution in [1.82, 2.24) is 0 Å². The van der Waals surface area contributed by atoms with Crippen LogP contribution in [-0.4, -0.2) is 75.5 Å². The summed E-state index contributed by atoms with van der Waals surface area (Å²) >= 11 is 0. The van der Waals surface area contributed by atoms with Gasteiger partial charge in [0.2, 0.25) is 0 Å². The number of aliphatic hydroxyl groups excluding tert-OH is 1. The number of rotatable bonds is 31. The van der Waals surface area contributed by atoms with Gasteiger partial charge in [-0.2, -0.15) is 0 Å². The average molecular weight is 766 g/mol. The zero-order chi connectivity index (χ0) is 41.2. The lowest BCUT2D eigenvalue weighted by Gasteiger charge is -2.44. The van der Waals surface area contributed by atoms with E-state index < -0.39 is 56.6 Å². The fourth-order valence-electron chi connectivity index (χ4n) is 6.63. The number of ether oxygens (including phenoxy) is 7. The van der Waals surface area contributed by atoms with Crippen molar-refractivity contribution in [2.75, 3.05) is 33.5 Å². The van der Waals surface area contributed by atoms with E-state index in [-0.39, 0.29) is 13.2 Å². The van der Waals surface area contributed by atoms with Crippen molar-refractivity contribution in [3.63, 3.8) is 0 Å². The van der Waals surface area contributed by atoms with Gasteiger partial charge in [-0.1, -0.05) is 181 Å². The summed E-state index contributed by atoms with van der Waals surface area (Å²) < 4.78 is 69.2. The third kappa shape index (κ3) is 18.4. The van der Waals surface area contributed by atoms with E-state index >= 15 is 0 Å².